The Bertz CT molecular complexity index is 487. The molecule has 0 spiro atoms. The highest BCUT2D eigenvalue weighted by atomic mass is 16.5. The van der Waals surface area contributed by atoms with Crippen molar-refractivity contribution in [1.29, 1.82) is 0 Å². The first-order chi connectivity index (χ1) is 9.13. The maximum Gasteiger partial charge on any atom is 0.338 e. The molecule has 1 unspecified atom stereocenters. The van der Waals surface area contributed by atoms with Crippen LogP contribution < -0.4 is 4.90 Å². The Morgan fingerprint density at radius 1 is 1.42 bits per heavy atom. The molecule has 0 aromatic carbocycles. The molecule has 1 aliphatic rings. The van der Waals surface area contributed by atoms with E-state index < -0.39 is 0 Å². The average Bonchev–Trinajstić information content (AvgIpc) is 2.46. The molecule has 2 heterocycles. The van der Waals surface area contributed by atoms with Gasteiger partial charge in [0.15, 0.2) is 5.78 Å². The SMILES string of the molecule is COC(=O)c1ccnc(N2CCCCC2C(C)=O)c1. The van der Waals surface area contributed by atoms with E-state index in [2.05, 4.69) is 4.98 Å². The van der Waals surface area contributed by atoms with Gasteiger partial charge in [0, 0.05) is 12.7 Å². The van der Waals surface area contributed by atoms with E-state index in [4.69, 9.17) is 4.74 Å². The van der Waals surface area contributed by atoms with Crippen molar-refractivity contribution in [1.82, 2.24) is 4.98 Å². The number of rotatable bonds is 3. The first kappa shape index (κ1) is 13.5. The fourth-order valence-corrected chi connectivity index (χ4v) is 2.45. The van der Waals surface area contributed by atoms with Crippen LogP contribution in [-0.4, -0.2) is 36.4 Å². The monoisotopic (exact) mass is 262 g/mol. The number of ether oxygens (including phenoxy) is 1. The molecule has 102 valence electrons. The van der Waals surface area contributed by atoms with E-state index >= 15 is 0 Å². The lowest BCUT2D eigenvalue weighted by molar-refractivity contribution is -0.118. The molecule has 1 saturated heterocycles. The van der Waals surface area contributed by atoms with Crippen LogP contribution in [0, 0.1) is 0 Å². The maximum absolute atomic E-state index is 11.7. The van der Waals surface area contributed by atoms with E-state index in [-0.39, 0.29) is 17.8 Å². The third-order valence-corrected chi connectivity index (χ3v) is 3.43. The summed E-state index contributed by atoms with van der Waals surface area (Å²) in [4.78, 5) is 29.5. The van der Waals surface area contributed by atoms with Gasteiger partial charge in [-0.2, -0.15) is 0 Å². The summed E-state index contributed by atoms with van der Waals surface area (Å²) < 4.78 is 4.70. The molecular formula is C14H18N2O3. The van der Waals surface area contributed by atoms with Gasteiger partial charge in [0.1, 0.15) is 5.82 Å². The van der Waals surface area contributed by atoms with Gasteiger partial charge < -0.3 is 9.64 Å². The zero-order valence-corrected chi connectivity index (χ0v) is 11.3. The number of anilines is 1. The number of ketones is 1. The van der Waals surface area contributed by atoms with Gasteiger partial charge in [-0.1, -0.05) is 0 Å². The lowest BCUT2D eigenvalue weighted by Gasteiger charge is -2.35. The molecule has 0 bridgehead atoms. The summed E-state index contributed by atoms with van der Waals surface area (Å²) in [5, 5.41) is 0. The smallest absolute Gasteiger partial charge is 0.338 e. The number of piperidine rings is 1. The highest BCUT2D eigenvalue weighted by Crippen LogP contribution is 2.24. The van der Waals surface area contributed by atoms with Gasteiger partial charge in [-0.25, -0.2) is 9.78 Å². The second-order valence-electron chi connectivity index (χ2n) is 4.71. The fraction of sp³-hybridized carbons (Fsp3) is 0.500. The zero-order valence-electron chi connectivity index (χ0n) is 11.3. The van der Waals surface area contributed by atoms with Gasteiger partial charge in [-0.05, 0) is 38.3 Å². The van der Waals surface area contributed by atoms with E-state index in [0.717, 1.165) is 25.8 Å². The summed E-state index contributed by atoms with van der Waals surface area (Å²) in [6, 6.07) is 3.17. The summed E-state index contributed by atoms with van der Waals surface area (Å²) in [7, 11) is 1.35. The third kappa shape index (κ3) is 2.92. The van der Waals surface area contributed by atoms with E-state index in [1.165, 1.54) is 7.11 Å². The van der Waals surface area contributed by atoms with Crippen molar-refractivity contribution in [3.05, 3.63) is 23.9 Å². The fourth-order valence-electron chi connectivity index (χ4n) is 2.45. The Labute approximate surface area is 112 Å². The molecule has 1 aliphatic heterocycles. The van der Waals surface area contributed by atoms with Crippen molar-refractivity contribution >= 4 is 17.6 Å². The van der Waals surface area contributed by atoms with Gasteiger partial charge in [-0.15, -0.1) is 0 Å². The molecule has 1 fully saturated rings. The second kappa shape index (κ2) is 5.82. The number of carbonyl (C=O) groups is 2. The Hall–Kier alpha value is -1.91. The number of Topliss-reactive ketones (excluding diaryl/α,β-unsaturated/α-hetero) is 1. The second-order valence-corrected chi connectivity index (χ2v) is 4.71. The standard InChI is InChI=1S/C14H18N2O3/c1-10(17)12-5-3-4-8-16(12)13-9-11(6-7-15-13)14(18)19-2/h6-7,9,12H,3-5,8H2,1-2H3. The summed E-state index contributed by atoms with van der Waals surface area (Å²) >= 11 is 0. The molecule has 0 amide bonds. The third-order valence-electron chi connectivity index (χ3n) is 3.43. The van der Waals surface area contributed by atoms with Crippen LogP contribution in [0.25, 0.3) is 0 Å². The lowest BCUT2D eigenvalue weighted by atomic mass is 9.99. The predicted molar refractivity (Wildman–Crippen MR) is 71.2 cm³/mol. The summed E-state index contributed by atoms with van der Waals surface area (Å²) in [6.45, 7) is 2.40. The van der Waals surface area contributed by atoms with Crippen LogP contribution >= 0.6 is 0 Å². The molecule has 1 aromatic rings. The highest BCUT2D eigenvalue weighted by Gasteiger charge is 2.27. The van der Waals surface area contributed by atoms with Crippen LogP contribution in [-0.2, 0) is 9.53 Å². The largest absolute Gasteiger partial charge is 0.465 e. The minimum absolute atomic E-state index is 0.130. The number of aromatic nitrogens is 1. The first-order valence-electron chi connectivity index (χ1n) is 6.45. The Kier molecular flexibility index (Phi) is 4.14. The average molecular weight is 262 g/mol. The summed E-state index contributed by atoms with van der Waals surface area (Å²) in [5.74, 6) is 0.424. The molecule has 0 N–H and O–H groups in total. The van der Waals surface area contributed by atoms with Gasteiger partial charge >= 0.3 is 5.97 Å². The molecule has 0 aliphatic carbocycles. The van der Waals surface area contributed by atoms with E-state index in [1.54, 1.807) is 25.3 Å². The number of pyridine rings is 1. The van der Waals surface area contributed by atoms with Gasteiger partial charge in [-0.3, -0.25) is 4.79 Å². The molecule has 19 heavy (non-hydrogen) atoms. The van der Waals surface area contributed by atoms with Gasteiger partial charge in [0.25, 0.3) is 0 Å². The quantitative estimate of drug-likeness (QED) is 0.778. The van der Waals surface area contributed by atoms with E-state index in [0.29, 0.717) is 11.4 Å². The molecule has 5 nitrogen and oxygen atoms in total. The predicted octanol–water partition coefficient (Wildman–Crippen LogP) is 1.82. The lowest BCUT2D eigenvalue weighted by Crippen LogP contribution is -2.44. The van der Waals surface area contributed by atoms with Crippen LogP contribution in [0.2, 0.25) is 0 Å². The number of carbonyl (C=O) groups excluding carboxylic acids is 2. The number of methoxy groups -OCH3 is 1. The molecular weight excluding hydrogens is 244 g/mol. The number of nitrogens with zero attached hydrogens (tertiary/aromatic N) is 2. The Morgan fingerprint density at radius 3 is 2.89 bits per heavy atom. The van der Waals surface area contributed by atoms with Crippen LogP contribution in [0.5, 0.6) is 0 Å². The van der Waals surface area contributed by atoms with Crippen LogP contribution in [0.4, 0.5) is 5.82 Å². The van der Waals surface area contributed by atoms with Gasteiger partial charge in [0.2, 0.25) is 0 Å². The van der Waals surface area contributed by atoms with Crippen molar-refractivity contribution in [3.63, 3.8) is 0 Å². The summed E-state index contributed by atoms with van der Waals surface area (Å²) in [6.07, 6.45) is 4.51. The summed E-state index contributed by atoms with van der Waals surface area (Å²) in [5.41, 5.74) is 0.459. The maximum atomic E-state index is 11.7. The van der Waals surface area contributed by atoms with Crippen LogP contribution in [0.3, 0.4) is 0 Å². The van der Waals surface area contributed by atoms with Crippen molar-refractivity contribution < 1.29 is 14.3 Å². The first-order valence-corrected chi connectivity index (χ1v) is 6.45. The van der Waals surface area contributed by atoms with Crippen LogP contribution in [0.1, 0.15) is 36.5 Å². The highest BCUT2D eigenvalue weighted by molar-refractivity contribution is 5.90. The Balaban J connectivity index is 2.29. The topological polar surface area (TPSA) is 59.5 Å². The van der Waals surface area contributed by atoms with Crippen LogP contribution in [0.15, 0.2) is 18.3 Å². The minimum atomic E-state index is -0.389. The molecule has 1 atom stereocenters. The normalized spacial score (nSPS) is 19.1. The molecule has 5 heteroatoms. The van der Waals surface area contributed by atoms with Crippen molar-refractivity contribution in [2.24, 2.45) is 0 Å². The van der Waals surface area contributed by atoms with Crippen molar-refractivity contribution in [3.8, 4) is 0 Å². The van der Waals surface area contributed by atoms with Crippen molar-refractivity contribution in [2.75, 3.05) is 18.6 Å². The Morgan fingerprint density at radius 2 is 2.21 bits per heavy atom. The van der Waals surface area contributed by atoms with E-state index in [9.17, 15) is 9.59 Å². The van der Waals surface area contributed by atoms with E-state index in [1.807, 2.05) is 4.90 Å². The molecule has 0 saturated carbocycles. The molecule has 2 rings (SSSR count). The number of hydrogen-bond donors (Lipinski definition) is 0. The molecule has 1 aromatic heterocycles. The minimum Gasteiger partial charge on any atom is -0.465 e. The number of esters is 1. The molecule has 0 radical (unpaired) electrons. The van der Waals surface area contributed by atoms with Crippen molar-refractivity contribution in [2.45, 2.75) is 32.2 Å². The zero-order chi connectivity index (χ0) is 13.8. The number of hydrogen-bond acceptors (Lipinski definition) is 5. The van der Waals surface area contributed by atoms with Gasteiger partial charge in [0.05, 0.1) is 18.7 Å².